The molecule has 0 aliphatic heterocycles. The maximum absolute atomic E-state index is 13.4. The highest BCUT2D eigenvalue weighted by atomic mass is 19.1. The summed E-state index contributed by atoms with van der Waals surface area (Å²) in [4.78, 5) is 30.7. The van der Waals surface area contributed by atoms with E-state index >= 15 is 0 Å². The summed E-state index contributed by atoms with van der Waals surface area (Å²) in [5.41, 5.74) is 7.80. The van der Waals surface area contributed by atoms with E-state index in [1.54, 1.807) is 74.0 Å². The summed E-state index contributed by atoms with van der Waals surface area (Å²) in [6.45, 7) is 3.48. The molecule has 0 aliphatic carbocycles. The standard InChI is InChI=1S/C23H20FN5.C21H19FN6/c24-19-8-6-17(7-9-19)21-16-28-23(29-22(21)18-10-12-25-13-11-18)27-15-14-26-20-4-2-1-3-5-20;1-2-19(28-12-11-24-14-28)26-21-25-13-18(15-3-5-17(22)6-4-15)20(27-21)16-7-9-23-10-8-16/h1-13,16,26H,14-15H2,(H,27,28,29);3-14,19H,2H2,1H3,(H,25,26,27). The van der Waals surface area contributed by atoms with E-state index in [1.165, 1.54) is 24.3 Å². The molecule has 0 bridgehead atoms. The summed E-state index contributed by atoms with van der Waals surface area (Å²) >= 11 is 0. The van der Waals surface area contributed by atoms with Gasteiger partial charge in [0.15, 0.2) is 0 Å². The first-order valence-corrected chi connectivity index (χ1v) is 18.4. The monoisotopic (exact) mass is 759 g/mol. The number of anilines is 3. The summed E-state index contributed by atoms with van der Waals surface area (Å²) in [6.07, 6.45) is 16.7. The second-order valence-corrected chi connectivity index (χ2v) is 12.7. The smallest absolute Gasteiger partial charge is 0.224 e. The highest BCUT2D eigenvalue weighted by molar-refractivity contribution is 5.81. The minimum absolute atomic E-state index is 0.00976. The summed E-state index contributed by atoms with van der Waals surface area (Å²) in [5.74, 6) is 0.500. The molecule has 57 heavy (non-hydrogen) atoms. The van der Waals surface area contributed by atoms with Crippen molar-refractivity contribution in [1.29, 1.82) is 0 Å². The molecule has 0 amide bonds. The molecule has 3 N–H and O–H groups in total. The third kappa shape index (κ3) is 10.0. The summed E-state index contributed by atoms with van der Waals surface area (Å²) in [6, 6.07) is 30.3. The van der Waals surface area contributed by atoms with E-state index in [4.69, 9.17) is 9.97 Å². The zero-order valence-electron chi connectivity index (χ0n) is 31.0. The molecule has 0 radical (unpaired) electrons. The number of para-hydroxylation sites is 1. The molecule has 13 heteroatoms. The molecule has 5 aromatic heterocycles. The van der Waals surface area contributed by atoms with Gasteiger partial charge in [-0.05, 0) is 78.2 Å². The third-order valence-electron chi connectivity index (χ3n) is 8.87. The number of hydrogen-bond donors (Lipinski definition) is 3. The van der Waals surface area contributed by atoms with Crippen molar-refractivity contribution < 1.29 is 8.78 Å². The number of nitrogens with zero attached hydrogens (tertiary/aromatic N) is 8. The summed E-state index contributed by atoms with van der Waals surface area (Å²) in [5, 5.41) is 9.95. The Kier molecular flexibility index (Phi) is 12.5. The number of imidazole rings is 1. The fourth-order valence-corrected chi connectivity index (χ4v) is 5.99. The van der Waals surface area contributed by atoms with Crippen molar-refractivity contribution in [1.82, 2.24) is 39.5 Å². The maximum Gasteiger partial charge on any atom is 0.224 e. The van der Waals surface area contributed by atoms with Crippen molar-refractivity contribution in [3.05, 3.63) is 171 Å². The predicted molar refractivity (Wildman–Crippen MR) is 220 cm³/mol. The molecule has 284 valence electrons. The molecular weight excluding hydrogens is 721 g/mol. The van der Waals surface area contributed by atoms with E-state index < -0.39 is 0 Å². The number of aromatic nitrogens is 8. The molecule has 0 spiro atoms. The minimum atomic E-state index is -0.278. The van der Waals surface area contributed by atoms with Gasteiger partial charge in [-0.1, -0.05) is 49.4 Å². The highest BCUT2D eigenvalue weighted by Gasteiger charge is 2.15. The van der Waals surface area contributed by atoms with Crippen LogP contribution in [0.4, 0.5) is 26.4 Å². The number of pyridine rings is 2. The van der Waals surface area contributed by atoms with Crippen molar-refractivity contribution in [2.24, 2.45) is 0 Å². The summed E-state index contributed by atoms with van der Waals surface area (Å²) in [7, 11) is 0. The fourth-order valence-electron chi connectivity index (χ4n) is 5.99. The fraction of sp³-hybridized carbons (Fsp3) is 0.114. The molecule has 8 rings (SSSR count). The average Bonchev–Trinajstić information content (AvgIpc) is 3.81. The van der Waals surface area contributed by atoms with Crippen LogP contribution >= 0.6 is 0 Å². The van der Waals surface area contributed by atoms with Gasteiger partial charge in [0, 0.05) is 90.6 Å². The Balaban J connectivity index is 0.000000174. The quantitative estimate of drug-likeness (QED) is 0.0978. The van der Waals surface area contributed by atoms with Crippen LogP contribution in [0, 0.1) is 11.6 Å². The lowest BCUT2D eigenvalue weighted by Crippen LogP contribution is -2.18. The SMILES string of the molecule is CCC(Nc1ncc(-c2ccc(F)cc2)c(-c2ccncc2)n1)n1ccnc1.Fc1ccc(-c2cnc(NCCNc3ccccc3)nc2-c2ccncc2)cc1. The van der Waals surface area contributed by atoms with E-state index in [0.29, 0.717) is 18.4 Å². The van der Waals surface area contributed by atoms with Gasteiger partial charge in [-0.2, -0.15) is 0 Å². The number of rotatable bonds is 13. The van der Waals surface area contributed by atoms with Gasteiger partial charge >= 0.3 is 0 Å². The molecular formula is C44H39F2N11. The van der Waals surface area contributed by atoms with Crippen LogP contribution in [-0.2, 0) is 0 Å². The van der Waals surface area contributed by atoms with Crippen LogP contribution in [0.25, 0.3) is 44.8 Å². The topological polar surface area (TPSA) is 131 Å². The highest BCUT2D eigenvalue weighted by Crippen LogP contribution is 2.32. The van der Waals surface area contributed by atoms with Crippen molar-refractivity contribution in [2.45, 2.75) is 19.5 Å². The van der Waals surface area contributed by atoms with E-state index in [-0.39, 0.29) is 17.8 Å². The Hall–Kier alpha value is -7.41. The third-order valence-corrected chi connectivity index (χ3v) is 8.87. The molecule has 1 unspecified atom stereocenters. The Labute approximate surface area is 329 Å². The molecule has 0 aliphatic rings. The Morgan fingerprint density at radius 2 is 1.09 bits per heavy atom. The zero-order chi connectivity index (χ0) is 39.2. The summed E-state index contributed by atoms with van der Waals surface area (Å²) < 4.78 is 28.7. The van der Waals surface area contributed by atoms with Gasteiger partial charge in [0.1, 0.15) is 17.8 Å². The van der Waals surface area contributed by atoms with Crippen LogP contribution in [0.15, 0.2) is 159 Å². The van der Waals surface area contributed by atoms with Crippen LogP contribution in [0.3, 0.4) is 0 Å². The van der Waals surface area contributed by atoms with Crippen LogP contribution in [-0.4, -0.2) is 52.5 Å². The predicted octanol–water partition coefficient (Wildman–Crippen LogP) is 9.43. The molecule has 0 fully saturated rings. The Bertz CT molecular complexity index is 2430. The van der Waals surface area contributed by atoms with Gasteiger partial charge in [0.05, 0.1) is 17.7 Å². The lowest BCUT2D eigenvalue weighted by Gasteiger charge is -2.19. The van der Waals surface area contributed by atoms with Gasteiger partial charge in [0.25, 0.3) is 0 Å². The van der Waals surface area contributed by atoms with Crippen molar-refractivity contribution in [2.75, 3.05) is 29.0 Å². The van der Waals surface area contributed by atoms with Crippen LogP contribution in [0.5, 0.6) is 0 Å². The molecule has 11 nitrogen and oxygen atoms in total. The maximum atomic E-state index is 13.4. The van der Waals surface area contributed by atoms with Gasteiger partial charge in [-0.25, -0.2) is 33.7 Å². The lowest BCUT2D eigenvalue weighted by atomic mass is 10.0. The largest absolute Gasteiger partial charge is 0.383 e. The number of hydrogen-bond acceptors (Lipinski definition) is 10. The van der Waals surface area contributed by atoms with Gasteiger partial charge in [0.2, 0.25) is 11.9 Å². The second-order valence-electron chi connectivity index (χ2n) is 12.7. The van der Waals surface area contributed by atoms with Crippen LogP contribution in [0.2, 0.25) is 0 Å². The van der Waals surface area contributed by atoms with E-state index in [2.05, 4.69) is 47.8 Å². The molecule has 3 aromatic carbocycles. The normalized spacial score (nSPS) is 11.2. The van der Waals surface area contributed by atoms with Gasteiger partial charge < -0.3 is 20.5 Å². The first kappa shape index (κ1) is 37.9. The zero-order valence-corrected chi connectivity index (χ0v) is 31.0. The molecule has 5 heterocycles. The van der Waals surface area contributed by atoms with Crippen LogP contribution in [0.1, 0.15) is 19.5 Å². The van der Waals surface area contributed by atoms with Crippen molar-refractivity contribution in [3.63, 3.8) is 0 Å². The first-order chi connectivity index (χ1) is 28.0. The molecule has 1 atom stereocenters. The van der Waals surface area contributed by atoms with E-state index in [0.717, 1.165) is 63.4 Å². The van der Waals surface area contributed by atoms with E-state index in [9.17, 15) is 8.78 Å². The Morgan fingerprint density at radius 3 is 1.61 bits per heavy atom. The molecule has 0 saturated heterocycles. The number of benzene rings is 3. The van der Waals surface area contributed by atoms with Crippen molar-refractivity contribution in [3.8, 4) is 44.8 Å². The number of halogens is 2. The Morgan fingerprint density at radius 1 is 0.561 bits per heavy atom. The number of nitrogens with one attached hydrogen (secondary N) is 3. The molecule has 0 saturated carbocycles. The average molecular weight is 760 g/mol. The second kappa shape index (κ2) is 18.8. The lowest BCUT2D eigenvalue weighted by molar-refractivity contribution is 0.540. The van der Waals surface area contributed by atoms with Crippen LogP contribution < -0.4 is 16.0 Å². The minimum Gasteiger partial charge on any atom is -0.383 e. The van der Waals surface area contributed by atoms with Crippen molar-refractivity contribution >= 4 is 17.6 Å². The van der Waals surface area contributed by atoms with E-state index in [1.807, 2.05) is 65.4 Å². The van der Waals surface area contributed by atoms with Gasteiger partial charge in [-0.15, -0.1) is 0 Å². The molecule has 8 aromatic rings. The first-order valence-electron chi connectivity index (χ1n) is 18.4. The van der Waals surface area contributed by atoms with Gasteiger partial charge in [-0.3, -0.25) is 9.97 Å².